The Balaban J connectivity index is 2.30. The third-order valence-electron chi connectivity index (χ3n) is 4.19. The van der Waals surface area contributed by atoms with Crippen molar-refractivity contribution >= 4 is 0 Å². The van der Waals surface area contributed by atoms with Gasteiger partial charge in [0.25, 0.3) is 0 Å². The fourth-order valence-electron chi connectivity index (χ4n) is 3.00. The quantitative estimate of drug-likeness (QED) is 0.676. The third-order valence-corrected chi connectivity index (χ3v) is 4.19. The van der Waals surface area contributed by atoms with E-state index in [0.717, 1.165) is 13.0 Å². The minimum absolute atomic E-state index is 0.714. The van der Waals surface area contributed by atoms with Crippen LogP contribution >= 0.6 is 0 Å². The predicted molar refractivity (Wildman–Crippen MR) is 79.9 cm³/mol. The number of nitrogens with two attached hydrogens (primary N) is 1. The molecule has 108 valence electrons. The molecule has 1 aliphatic heterocycles. The Hall–Kier alpha value is -0.120. The van der Waals surface area contributed by atoms with Crippen molar-refractivity contribution in [3.8, 4) is 0 Å². The summed E-state index contributed by atoms with van der Waals surface area (Å²) >= 11 is 0. The van der Waals surface area contributed by atoms with E-state index in [1.807, 2.05) is 0 Å². The van der Waals surface area contributed by atoms with Gasteiger partial charge < -0.3 is 10.6 Å². The van der Waals surface area contributed by atoms with Crippen LogP contribution in [0.15, 0.2) is 0 Å². The van der Waals surface area contributed by atoms with Gasteiger partial charge in [0.05, 0.1) is 0 Å². The molecule has 0 radical (unpaired) electrons. The van der Waals surface area contributed by atoms with Crippen molar-refractivity contribution in [2.24, 2.45) is 5.73 Å². The average Bonchev–Trinajstić information content (AvgIpc) is 2.62. The summed E-state index contributed by atoms with van der Waals surface area (Å²) in [6.45, 7) is 11.8. The summed E-state index contributed by atoms with van der Waals surface area (Å²) in [6, 6.07) is 0.714. The zero-order valence-corrected chi connectivity index (χ0v) is 12.5. The number of unbranched alkanes of at least 4 members (excludes halogenated alkanes) is 2. The molecule has 0 bridgehead atoms. The van der Waals surface area contributed by atoms with Crippen molar-refractivity contribution in [2.75, 3.05) is 39.3 Å². The molecule has 1 rings (SSSR count). The van der Waals surface area contributed by atoms with Gasteiger partial charge in [-0.1, -0.05) is 26.7 Å². The first-order valence-electron chi connectivity index (χ1n) is 7.98. The molecule has 1 fully saturated rings. The highest BCUT2D eigenvalue weighted by atomic mass is 15.2. The van der Waals surface area contributed by atoms with Crippen LogP contribution < -0.4 is 5.73 Å². The van der Waals surface area contributed by atoms with Crippen molar-refractivity contribution in [1.82, 2.24) is 9.80 Å². The largest absolute Gasteiger partial charge is 0.330 e. The molecule has 3 heteroatoms. The summed E-state index contributed by atoms with van der Waals surface area (Å²) in [5.41, 5.74) is 5.72. The number of hydrogen-bond acceptors (Lipinski definition) is 3. The molecule has 1 saturated heterocycles. The van der Waals surface area contributed by atoms with Crippen LogP contribution in [0.4, 0.5) is 0 Å². The van der Waals surface area contributed by atoms with E-state index in [0.29, 0.717) is 6.04 Å². The molecular formula is C15H33N3. The highest BCUT2D eigenvalue weighted by Crippen LogP contribution is 2.12. The van der Waals surface area contributed by atoms with Gasteiger partial charge in [0, 0.05) is 19.1 Å². The van der Waals surface area contributed by atoms with Crippen LogP contribution in [-0.4, -0.2) is 55.1 Å². The van der Waals surface area contributed by atoms with E-state index in [4.69, 9.17) is 5.73 Å². The normalized spacial score (nSPS) is 20.8. The fraction of sp³-hybridized carbons (Fsp3) is 1.00. The monoisotopic (exact) mass is 255 g/mol. The molecule has 0 spiro atoms. The summed E-state index contributed by atoms with van der Waals surface area (Å²) in [4.78, 5) is 5.33. The molecule has 0 aromatic heterocycles. The van der Waals surface area contributed by atoms with Crippen molar-refractivity contribution in [1.29, 1.82) is 0 Å². The van der Waals surface area contributed by atoms with Crippen LogP contribution in [0.5, 0.6) is 0 Å². The van der Waals surface area contributed by atoms with E-state index in [-0.39, 0.29) is 0 Å². The van der Waals surface area contributed by atoms with Crippen LogP contribution in [0.25, 0.3) is 0 Å². The van der Waals surface area contributed by atoms with E-state index in [2.05, 4.69) is 23.6 Å². The Morgan fingerprint density at radius 3 is 2.56 bits per heavy atom. The number of nitrogens with zero attached hydrogens (tertiary/aromatic N) is 2. The van der Waals surface area contributed by atoms with Crippen LogP contribution in [0.2, 0.25) is 0 Å². The van der Waals surface area contributed by atoms with Gasteiger partial charge in [-0.05, 0) is 51.9 Å². The summed E-state index contributed by atoms with van der Waals surface area (Å²) in [5, 5.41) is 0. The maximum atomic E-state index is 5.72. The van der Waals surface area contributed by atoms with Crippen molar-refractivity contribution in [3.63, 3.8) is 0 Å². The lowest BCUT2D eigenvalue weighted by Gasteiger charge is -2.29. The molecule has 0 amide bonds. The first-order valence-corrected chi connectivity index (χ1v) is 7.98. The molecule has 1 unspecified atom stereocenters. The van der Waals surface area contributed by atoms with Gasteiger partial charge in [0.1, 0.15) is 0 Å². The summed E-state index contributed by atoms with van der Waals surface area (Å²) in [5.74, 6) is 0. The van der Waals surface area contributed by atoms with Crippen molar-refractivity contribution in [2.45, 2.75) is 58.4 Å². The lowest BCUT2D eigenvalue weighted by molar-refractivity contribution is 0.185. The molecule has 0 aromatic carbocycles. The number of rotatable bonds is 8. The Labute approximate surface area is 114 Å². The van der Waals surface area contributed by atoms with Gasteiger partial charge in [-0.2, -0.15) is 0 Å². The van der Waals surface area contributed by atoms with E-state index >= 15 is 0 Å². The standard InChI is InChI=1S/C15H33N3/c1-3-5-6-10-17-11-7-12-18(14-13-17)15(4-2)8-9-16/h15H,3-14,16H2,1-2H3. The second-order valence-corrected chi connectivity index (χ2v) is 5.58. The molecule has 1 atom stereocenters. The molecule has 0 saturated carbocycles. The van der Waals surface area contributed by atoms with Gasteiger partial charge in [-0.25, -0.2) is 0 Å². The first kappa shape index (κ1) is 15.9. The SMILES string of the molecule is CCCCCN1CCCN(C(CC)CCN)CC1. The van der Waals surface area contributed by atoms with Gasteiger partial charge in [-0.15, -0.1) is 0 Å². The molecule has 1 heterocycles. The van der Waals surface area contributed by atoms with E-state index in [1.165, 1.54) is 64.8 Å². The Morgan fingerprint density at radius 2 is 1.89 bits per heavy atom. The van der Waals surface area contributed by atoms with Crippen molar-refractivity contribution in [3.05, 3.63) is 0 Å². The second-order valence-electron chi connectivity index (χ2n) is 5.58. The van der Waals surface area contributed by atoms with Gasteiger partial charge >= 0.3 is 0 Å². The molecule has 0 aliphatic carbocycles. The van der Waals surface area contributed by atoms with Crippen LogP contribution in [0, 0.1) is 0 Å². The zero-order valence-electron chi connectivity index (χ0n) is 12.5. The molecular weight excluding hydrogens is 222 g/mol. The lowest BCUT2D eigenvalue weighted by Crippen LogP contribution is -2.39. The predicted octanol–water partition coefficient (Wildman–Crippen LogP) is 2.31. The lowest BCUT2D eigenvalue weighted by atomic mass is 10.1. The maximum absolute atomic E-state index is 5.72. The first-order chi connectivity index (χ1) is 8.81. The second kappa shape index (κ2) is 9.76. The summed E-state index contributed by atoms with van der Waals surface area (Å²) in [6.07, 6.45) is 7.81. The molecule has 0 aromatic rings. The molecule has 1 aliphatic rings. The molecule has 3 nitrogen and oxygen atoms in total. The Bertz CT molecular complexity index is 196. The highest BCUT2D eigenvalue weighted by Gasteiger charge is 2.19. The minimum Gasteiger partial charge on any atom is -0.330 e. The molecule has 2 N–H and O–H groups in total. The zero-order chi connectivity index (χ0) is 13.2. The van der Waals surface area contributed by atoms with Gasteiger partial charge in [0.15, 0.2) is 0 Å². The number of hydrogen-bond donors (Lipinski definition) is 1. The van der Waals surface area contributed by atoms with Gasteiger partial charge in [0.2, 0.25) is 0 Å². The minimum atomic E-state index is 0.714. The van der Waals surface area contributed by atoms with Crippen molar-refractivity contribution < 1.29 is 0 Å². The maximum Gasteiger partial charge on any atom is 0.0112 e. The smallest absolute Gasteiger partial charge is 0.0112 e. The van der Waals surface area contributed by atoms with Crippen LogP contribution in [-0.2, 0) is 0 Å². The van der Waals surface area contributed by atoms with Crippen LogP contribution in [0.1, 0.15) is 52.4 Å². The summed E-state index contributed by atoms with van der Waals surface area (Å²) < 4.78 is 0. The van der Waals surface area contributed by atoms with Crippen LogP contribution in [0.3, 0.4) is 0 Å². The summed E-state index contributed by atoms with van der Waals surface area (Å²) in [7, 11) is 0. The Morgan fingerprint density at radius 1 is 1.06 bits per heavy atom. The fourth-order valence-corrected chi connectivity index (χ4v) is 3.00. The molecule has 18 heavy (non-hydrogen) atoms. The third kappa shape index (κ3) is 5.68. The van der Waals surface area contributed by atoms with E-state index < -0.39 is 0 Å². The van der Waals surface area contributed by atoms with E-state index in [1.54, 1.807) is 0 Å². The highest BCUT2D eigenvalue weighted by molar-refractivity contribution is 4.76. The van der Waals surface area contributed by atoms with Gasteiger partial charge in [-0.3, -0.25) is 4.90 Å². The Kier molecular flexibility index (Phi) is 8.64. The average molecular weight is 255 g/mol. The van der Waals surface area contributed by atoms with E-state index in [9.17, 15) is 0 Å². The topological polar surface area (TPSA) is 32.5 Å².